The first-order valence-corrected chi connectivity index (χ1v) is 13.8. The lowest BCUT2D eigenvalue weighted by Gasteiger charge is -2.39. The number of carbonyl (C=O) groups is 3. The average molecular weight is 465 g/mol. The van der Waals surface area contributed by atoms with Gasteiger partial charge in [0.15, 0.2) is 11.8 Å². The van der Waals surface area contributed by atoms with E-state index in [1.54, 1.807) is 38.3 Å². The predicted octanol–water partition coefficient (Wildman–Crippen LogP) is 2.45. The van der Waals surface area contributed by atoms with E-state index in [1.807, 2.05) is 6.92 Å². The van der Waals surface area contributed by atoms with Crippen molar-refractivity contribution in [3.05, 3.63) is 23.8 Å². The number of hydrogen-bond acceptors (Lipinski definition) is 6. The number of hydrogen-bond donors (Lipinski definition) is 1. The molecule has 0 aromatic heterocycles. The van der Waals surface area contributed by atoms with Gasteiger partial charge < -0.3 is 23.6 Å². The molecule has 2 fully saturated rings. The van der Waals surface area contributed by atoms with E-state index in [4.69, 9.17) is 9.47 Å². The lowest BCUT2D eigenvalue weighted by Crippen LogP contribution is -2.55. The smallest absolute Gasteiger partial charge is 0.304 e. The SMILES string of the molecule is CC(=O)OC1CC(=O)N1c1ccc2c(c1)[C@]1(O[C@@H](CCO)[C@H]([Si](C)(C)F)[C@H]1C)C(=O)N2C. The molecule has 1 aromatic carbocycles. The molecule has 2 saturated heterocycles. The standard InChI is InChI=1S/C22H29FN2O6Si/c1-12-20(32(4,5)23)17(8-9-26)31-22(12)15-10-14(6-7-16(15)24(3)21(22)29)25-18(28)11-19(25)30-13(2)27/h6-7,10,12,17,19-20,26H,8-9,11H2,1-5H3/t12-,17+,19?,20-,22+/m1/s1. The molecular formula is C22H29FN2O6Si. The maximum Gasteiger partial charge on any atom is 0.304 e. The number of amides is 2. The summed E-state index contributed by atoms with van der Waals surface area (Å²) < 4.78 is 27.0. The molecule has 174 valence electrons. The third kappa shape index (κ3) is 3.19. The van der Waals surface area contributed by atoms with Crippen molar-refractivity contribution in [1.82, 2.24) is 0 Å². The second-order valence-electron chi connectivity index (χ2n) is 9.38. The van der Waals surface area contributed by atoms with Gasteiger partial charge in [-0.3, -0.25) is 19.3 Å². The first-order chi connectivity index (χ1) is 14.9. The molecule has 1 unspecified atom stereocenters. The fraction of sp³-hybridized carbons (Fsp3) is 0.591. The van der Waals surface area contributed by atoms with Gasteiger partial charge in [0.25, 0.3) is 5.91 Å². The molecule has 3 aliphatic heterocycles. The summed E-state index contributed by atoms with van der Waals surface area (Å²) in [7, 11) is -1.61. The Bertz CT molecular complexity index is 982. The summed E-state index contributed by atoms with van der Waals surface area (Å²) >= 11 is 0. The number of carbonyl (C=O) groups excluding carboxylic acids is 3. The third-order valence-corrected chi connectivity index (χ3v) is 9.43. The molecule has 10 heteroatoms. The second kappa shape index (κ2) is 7.63. The Morgan fingerprint density at radius 2 is 2.06 bits per heavy atom. The Morgan fingerprint density at radius 3 is 2.62 bits per heavy atom. The van der Waals surface area contributed by atoms with Gasteiger partial charge in [-0.2, -0.15) is 0 Å². The zero-order valence-electron chi connectivity index (χ0n) is 18.9. The van der Waals surface area contributed by atoms with Crippen LogP contribution in [0.5, 0.6) is 0 Å². The Morgan fingerprint density at radius 1 is 1.38 bits per heavy atom. The number of esters is 1. The van der Waals surface area contributed by atoms with Gasteiger partial charge in [-0.1, -0.05) is 6.92 Å². The van der Waals surface area contributed by atoms with Crippen molar-refractivity contribution in [2.75, 3.05) is 23.5 Å². The lowest BCUT2D eigenvalue weighted by atomic mass is 9.82. The highest BCUT2D eigenvalue weighted by Gasteiger charge is 2.66. The zero-order chi connectivity index (χ0) is 23.6. The number of fused-ring (bicyclic) bond motifs is 2. The van der Waals surface area contributed by atoms with Crippen molar-refractivity contribution in [2.45, 2.75) is 63.3 Å². The monoisotopic (exact) mass is 464 g/mol. The van der Waals surface area contributed by atoms with E-state index >= 15 is 4.11 Å². The Kier molecular flexibility index (Phi) is 5.46. The predicted molar refractivity (Wildman–Crippen MR) is 117 cm³/mol. The van der Waals surface area contributed by atoms with Gasteiger partial charge in [0.1, 0.15) is 0 Å². The van der Waals surface area contributed by atoms with Crippen molar-refractivity contribution in [2.24, 2.45) is 5.92 Å². The van der Waals surface area contributed by atoms with Gasteiger partial charge in [0.05, 0.1) is 18.2 Å². The Labute approximate surface area is 187 Å². The number of nitrogens with zero attached hydrogens (tertiary/aromatic N) is 2. The molecule has 0 aliphatic carbocycles. The summed E-state index contributed by atoms with van der Waals surface area (Å²) in [5.41, 5.74) is -0.194. The van der Waals surface area contributed by atoms with Gasteiger partial charge in [-0.25, -0.2) is 0 Å². The van der Waals surface area contributed by atoms with Crippen LogP contribution < -0.4 is 9.80 Å². The Hall–Kier alpha value is -2.30. The summed E-state index contributed by atoms with van der Waals surface area (Å²) in [6.07, 6.45) is -0.955. The van der Waals surface area contributed by atoms with E-state index in [1.165, 1.54) is 16.7 Å². The maximum absolute atomic E-state index is 15.4. The highest BCUT2D eigenvalue weighted by Crippen LogP contribution is 2.60. The van der Waals surface area contributed by atoms with E-state index in [2.05, 4.69) is 0 Å². The van der Waals surface area contributed by atoms with Gasteiger partial charge in [-0.05, 0) is 37.7 Å². The van der Waals surface area contributed by atoms with Gasteiger partial charge in [0.2, 0.25) is 14.3 Å². The number of anilines is 2. The van der Waals surface area contributed by atoms with Gasteiger partial charge in [-0.15, -0.1) is 0 Å². The highest BCUT2D eigenvalue weighted by molar-refractivity contribution is 6.72. The molecule has 3 heterocycles. The summed E-state index contributed by atoms with van der Waals surface area (Å²) in [5, 5.41) is 9.56. The van der Waals surface area contributed by atoms with Crippen molar-refractivity contribution in [1.29, 1.82) is 0 Å². The largest absolute Gasteiger partial charge is 0.441 e. The van der Waals surface area contributed by atoms with Crippen LogP contribution in [0.4, 0.5) is 15.5 Å². The molecule has 8 nitrogen and oxygen atoms in total. The molecule has 5 atom stereocenters. The van der Waals surface area contributed by atoms with Crippen molar-refractivity contribution < 1.29 is 33.1 Å². The zero-order valence-corrected chi connectivity index (χ0v) is 19.9. The number of halogens is 1. The highest BCUT2D eigenvalue weighted by atomic mass is 28.4. The van der Waals surface area contributed by atoms with E-state index in [-0.39, 0.29) is 31.3 Å². The average Bonchev–Trinajstić information content (AvgIpc) is 3.09. The summed E-state index contributed by atoms with van der Waals surface area (Å²) in [6.45, 7) is 6.15. The van der Waals surface area contributed by atoms with Crippen molar-refractivity contribution in [3.8, 4) is 0 Å². The van der Waals surface area contributed by atoms with Gasteiger partial charge >= 0.3 is 5.97 Å². The molecular weight excluding hydrogens is 435 g/mol. The van der Waals surface area contributed by atoms with E-state index in [0.717, 1.165) is 0 Å². The quantitative estimate of drug-likeness (QED) is 0.311. The number of aliphatic hydroxyl groups is 1. The minimum absolute atomic E-state index is 0.0931. The third-order valence-electron chi connectivity index (χ3n) is 6.97. The van der Waals surface area contributed by atoms with Crippen molar-refractivity contribution in [3.63, 3.8) is 0 Å². The lowest BCUT2D eigenvalue weighted by molar-refractivity contribution is -0.153. The van der Waals surface area contributed by atoms with E-state index in [9.17, 15) is 19.5 Å². The Balaban J connectivity index is 1.80. The van der Waals surface area contributed by atoms with Crippen LogP contribution in [-0.4, -0.2) is 57.3 Å². The number of aliphatic hydroxyl groups excluding tert-OH is 1. The fourth-order valence-corrected chi connectivity index (χ4v) is 8.21. The topological polar surface area (TPSA) is 96.4 Å². The normalized spacial score (nSPS) is 31.8. The molecule has 1 aromatic rings. The molecule has 1 N–H and O–H groups in total. The summed E-state index contributed by atoms with van der Waals surface area (Å²) in [6, 6.07) is 5.15. The number of likely N-dealkylation sites (N-methyl/N-ethyl adjacent to an activating group) is 1. The first-order valence-electron chi connectivity index (χ1n) is 10.8. The second-order valence-corrected chi connectivity index (χ2v) is 13.2. The van der Waals surface area contributed by atoms with Gasteiger partial charge in [0, 0.05) is 43.3 Å². The fourth-order valence-electron chi connectivity index (χ4n) is 5.67. The van der Waals surface area contributed by atoms with Crippen LogP contribution >= 0.6 is 0 Å². The van der Waals surface area contributed by atoms with Crippen LogP contribution in [0.3, 0.4) is 0 Å². The molecule has 0 radical (unpaired) electrons. The van der Waals surface area contributed by atoms with Crippen LogP contribution in [0.15, 0.2) is 18.2 Å². The number of ether oxygens (including phenoxy) is 2. The number of rotatable bonds is 5. The van der Waals surface area contributed by atoms with Crippen LogP contribution in [-0.2, 0) is 29.5 Å². The van der Waals surface area contributed by atoms with Crippen LogP contribution in [0.25, 0.3) is 0 Å². The number of β-lactam (4-membered cyclic amide) rings is 1. The number of benzene rings is 1. The molecule has 4 rings (SSSR count). The van der Waals surface area contributed by atoms with Crippen molar-refractivity contribution >= 4 is 37.6 Å². The minimum Gasteiger partial charge on any atom is -0.441 e. The molecule has 3 aliphatic rings. The summed E-state index contributed by atoms with van der Waals surface area (Å²) in [5.74, 6) is -1.44. The molecule has 2 amide bonds. The first kappa shape index (κ1) is 22.9. The molecule has 1 spiro atoms. The maximum atomic E-state index is 15.4. The minimum atomic E-state index is -3.25. The van der Waals surface area contributed by atoms with E-state index < -0.39 is 43.8 Å². The van der Waals surface area contributed by atoms with Crippen LogP contribution in [0, 0.1) is 5.92 Å². The van der Waals surface area contributed by atoms with E-state index in [0.29, 0.717) is 16.9 Å². The van der Waals surface area contributed by atoms with Crippen LogP contribution in [0.1, 0.15) is 32.3 Å². The molecule has 32 heavy (non-hydrogen) atoms. The van der Waals surface area contributed by atoms with Crippen LogP contribution in [0.2, 0.25) is 18.6 Å². The summed E-state index contributed by atoms with van der Waals surface area (Å²) in [4.78, 5) is 40.1. The molecule has 0 saturated carbocycles. The molecule has 0 bridgehead atoms.